The predicted octanol–water partition coefficient (Wildman–Crippen LogP) is 2.84. The van der Waals surface area contributed by atoms with Crippen molar-refractivity contribution in [2.24, 2.45) is 4.99 Å². The third-order valence-corrected chi connectivity index (χ3v) is 4.23. The number of benzene rings is 1. The lowest BCUT2D eigenvalue weighted by atomic mass is 10.1. The molecule has 1 aromatic carbocycles. The second kappa shape index (κ2) is 12.6. The lowest BCUT2D eigenvalue weighted by Gasteiger charge is -2.25. The molecule has 1 fully saturated rings. The summed E-state index contributed by atoms with van der Waals surface area (Å²) >= 11 is 0. The molecule has 162 valence electrons. The first-order valence-electron chi connectivity index (χ1n) is 9.27. The van der Waals surface area contributed by atoms with E-state index in [1.54, 1.807) is 12.1 Å². The highest BCUT2D eigenvalue weighted by atomic mass is 127. The van der Waals surface area contributed by atoms with Crippen LogP contribution in [0.4, 0.5) is 8.78 Å². The second-order valence-corrected chi connectivity index (χ2v) is 6.41. The highest BCUT2D eigenvalue weighted by Crippen LogP contribution is 2.16. The summed E-state index contributed by atoms with van der Waals surface area (Å²) in [5.41, 5.74) is 0.899. The average Bonchev–Trinajstić information content (AvgIpc) is 2.64. The molecular weight excluding hydrogens is 497 g/mol. The molecule has 1 heterocycles. The van der Waals surface area contributed by atoms with Crippen LogP contribution in [0.2, 0.25) is 0 Å². The first-order chi connectivity index (χ1) is 13.4. The number of halogens is 3. The van der Waals surface area contributed by atoms with E-state index < -0.39 is 6.61 Å². The van der Waals surface area contributed by atoms with Crippen molar-refractivity contribution in [3.63, 3.8) is 0 Å². The summed E-state index contributed by atoms with van der Waals surface area (Å²) in [5, 5.41) is 3.16. The third-order valence-electron chi connectivity index (χ3n) is 4.23. The molecule has 0 unspecified atom stereocenters. The van der Waals surface area contributed by atoms with Gasteiger partial charge in [0, 0.05) is 39.5 Å². The molecule has 2 rings (SSSR count). The molecule has 1 N–H and O–H groups in total. The summed E-state index contributed by atoms with van der Waals surface area (Å²) in [4.78, 5) is 31.3. The average molecular weight is 524 g/mol. The van der Waals surface area contributed by atoms with Crippen molar-refractivity contribution < 1.29 is 23.1 Å². The summed E-state index contributed by atoms with van der Waals surface area (Å²) < 4.78 is 28.8. The van der Waals surface area contributed by atoms with E-state index in [2.05, 4.69) is 15.0 Å². The lowest BCUT2D eigenvalue weighted by molar-refractivity contribution is -0.147. The fraction of sp³-hybridized carbons (Fsp3) is 0.526. The molecule has 0 aliphatic carbocycles. The van der Waals surface area contributed by atoms with Gasteiger partial charge in [0.2, 0.25) is 11.8 Å². The van der Waals surface area contributed by atoms with Crippen molar-refractivity contribution in [2.75, 3.05) is 26.7 Å². The number of rotatable bonds is 8. The molecular formula is C19H27F2IN4O3. The van der Waals surface area contributed by atoms with Gasteiger partial charge < -0.3 is 15.0 Å². The van der Waals surface area contributed by atoms with E-state index in [1.807, 2.05) is 18.9 Å². The fourth-order valence-electron chi connectivity index (χ4n) is 2.90. The number of piperidine rings is 1. The van der Waals surface area contributed by atoms with E-state index in [1.165, 1.54) is 17.0 Å². The third kappa shape index (κ3) is 8.11. The molecule has 0 spiro atoms. The molecule has 0 bridgehead atoms. The van der Waals surface area contributed by atoms with Crippen molar-refractivity contribution in [2.45, 2.75) is 39.3 Å². The number of guanidine groups is 1. The van der Waals surface area contributed by atoms with Crippen LogP contribution in [0.1, 0.15) is 31.7 Å². The molecule has 1 aromatic rings. The number of hydrogen-bond acceptors (Lipinski definition) is 4. The monoisotopic (exact) mass is 524 g/mol. The molecule has 0 aromatic heterocycles. The fourth-order valence-corrected chi connectivity index (χ4v) is 2.90. The topological polar surface area (TPSA) is 74.2 Å². The lowest BCUT2D eigenvalue weighted by Crippen LogP contribution is -2.42. The second-order valence-electron chi connectivity index (χ2n) is 6.41. The number of alkyl halides is 2. The molecule has 1 saturated heterocycles. The predicted molar refractivity (Wildman–Crippen MR) is 117 cm³/mol. The summed E-state index contributed by atoms with van der Waals surface area (Å²) in [6.07, 6.45) is 1.42. The van der Waals surface area contributed by atoms with Gasteiger partial charge in [-0.3, -0.25) is 19.5 Å². The Morgan fingerprint density at radius 1 is 1.24 bits per heavy atom. The maximum absolute atomic E-state index is 12.2. The van der Waals surface area contributed by atoms with Gasteiger partial charge in [0.1, 0.15) is 5.75 Å². The van der Waals surface area contributed by atoms with Gasteiger partial charge in [0.05, 0.1) is 6.54 Å². The summed E-state index contributed by atoms with van der Waals surface area (Å²) in [7, 11) is 1.85. The van der Waals surface area contributed by atoms with Crippen LogP contribution in [-0.4, -0.2) is 60.9 Å². The van der Waals surface area contributed by atoms with E-state index >= 15 is 0 Å². The smallest absolute Gasteiger partial charge is 0.387 e. The van der Waals surface area contributed by atoms with Gasteiger partial charge in [0.25, 0.3) is 0 Å². The van der Waals surface area contributed by atoms with E-state index in [-0.39, 0.29) is 48.1 Å². The molecule has 0 atom stereocenters. The van der Waals surface area contributed by atoms with Crippen molar-refractivity contribution in [1.82, 2.24) is 15.1 Å². The molecule has 0 saturated carbocycles. The van der Waals surface area contributed by atoms with Crippen LogP contribution in [0.5, 0.6) is 5.75 Å². The van der Waals surface area contributed by atoms with Gasteiger partial charge in [-0.25, -0.2) is 0 Å². The van der Waals surface area contributed by atoms with Crippen molar-refractivity contribution in [3.05, 3.63) is 29.8 Å². The van der Waals surface area contributed by atoms with Gasteiger partial charge in [-0.1, -0.05) is 12.1 Å². The Labute approximate surface area is 186 Å². The number of amides is 2. The largest absolute Gasteiger partial charge is 0.435 e. The van der Waals surface area contributed by atoms with E-state index in [9.17, 15) is 18.4 Å². The number of carbonyl (C=O) groups is 2. The number of nitrogens with zero attached hydrogens (tertiary/aromatic N) is 3. The Bertz CT molecular complexity index is 685. The molecule has 7 nitrogen and oxygen atoms in total. The Kier molecular flexibility index (Phi) is 10.8. The van der Waals surface area contributed by atoms with Gasteiger partial charge in [-0.2, -0.15) is 8.78 Å². The number of hydrogen-bond donors (Lipinski definition) is 1. The molecule has 2 amide bonds. The summed E-state index contributed by atoms with van der Waals surface area (Å²) in [6.45, 7) is 0.830. The molecule has 10 heteroatoms. The Morgan fingerprint density at radius 2 is 1.86 bits per heavy atom. The quantitative estimate of drug-likeness (QED) is 0.245. The van der Waals surface area contributed by atoms with Crippen LogP contribution >= 0.6 is 24.0 Å². The van der Waals surface area contributed by atoms with Crippen LogP contribution in [-0.2, 0) is 16.1 Å². The first-order valence-corrected chi connectivity index (χ1v) is 9.27. The zero-order chi connectivity index (χ0) is 20.5. The SMILES string of the molecule is CCNC(=NCCN1C(=O)CCCC1=O)N(C)Cc1ccc(OC(F)F)cc1.I. The minimum atomic E-state index is -2.85. The van der Waals surface area contributed by atoms with Gasteiger partial charge in [0.15, 0.2) is 5.96 Å². The maximum atomic E-state index is 12.2. The van der Waals surface area contributed by atoms with Gasteiger partial charge in [-0.15, -0.1) is 24.0 Å². The van der Waals surface area contributed by atoms with E-state index in [0.717, 1.165) is 5.56 Å². The molecule has 29 heavy (non-hydrogen) atoms. The highest BCUT2D eigenvalue weighted by molar-refractivity contribution is 14.0. The first kappa shape index (κ1) is 25.1. The van der Waals surface area contributed by atoms with Gasteiger partial charge in [-0.05, 0) is 31.0 Å². The Balaban J connectivity index is 0.00000420. The van der Waals surface area contributed by atoms with Crippen LogP contribution < -0.4 is 10.1 Å². The van der Waals surface area contributed by atoms with Crippen LogP contribution in [0.3, 0.4) is 0 Å². The maximum Gasteiger partial charge on any atom is 0.387 e. The van der Waals surface area contributed by atoms with Crippen molar-refractivity contribution >= 4 is 41.8 Å². The summed E-state index contributed by atoms with van der Waals surface area (Å²) in [5.74, 6) is 0.456. The zero-order valence-corrected chi connectivity index (χ0v) is 18.9. The number of aliphatic imine (C=N–C) groups is 1. The zero-order valence-electron chi connectivity index (χ0n) is 16.6. The highest BCUT2D eigenvalue weighted by Gasteiger charge is 2.25. The van der Waals surface area contributed by atoms with E-state index in [4.69, 9.17) is 0 Å². The molecule has 0 radical (unpaired) electrons. The number of imide groups is 1. The molecule has 1 aliphatic rings. The standard InChI is InChI=1S/C19H26F2N4O3.HI/c1-3-22-19(23-11-12-25-16(26)5-4-6-17(25)27)24(2)13-14-7-9-15(10-8-14)28-18(20)21;/h7-10,18H,3-6,11-13H2,1-2H3,(H,22,23);1H. The minimum absolute atomic E-state index is 0. The Hall–Kier alpha value is -1.98. The number of likely N-dealkylation sites (tertiary alicyclic amines) is 1. The number of ether oxygens (including phenoxy) is 1. The van der Waals surface area contributed by atoms with Crippen LogP contribution in [0.25, 0.3) is 0 Å². The number of carbonyl (C=O) groups excluding carboxylic acids is 2. The molecule has 1 aliphatic heterocycles. The van der Waals surface area contributed by atoms with Crippen LogP contribution in [0, 0.1) is 0 Å². The van der Waals surface area contributed by atoms with Crippen molar-refractivity contribution in [1.29, 1.82) is 0 Å². The van der Waals surface area contributed by atoms with Crippen LogP contribution in [0.15, 0.2) is 29.3 Å². The normalized spacial score (nSPS) is 14.7. The number of nitrogens with one attached hydrogen (secondary N) is 1. The Morgan fingerprint density at radius 3 is 2.41 bits per heavy atom. The van der Waals surface area contributed by atoms with E-state index in [0.29, 0.717) is 44.9 Å². The van der Waals surface area contributed by atoms with Crippen molar-refractivity contribution in [3.8, 4) is 5.75 Å². The summed E-state index contributed by atoms with van der Waals surface area (Å²) in [6, 6.07) is 6.41. The minimum Gasteiger partial charge on any atom is -0.435 e. The van der Waals surface area contributed by atoms with Gasteiger partial charge >= 0.3 is 6.61 Å².